The van der Waals surface area contributed by atoms with Gasteiger partial charge in [-0.15, -0.1) is 0 Å². The molecule has 3 nitrogen and oxygen atoms in total. The standard InChI is InChI=1S/C9H12N2OS2/c10-9(12)8(6-13)11-14-7-4-2-1-3-5-7/h1-5,8,11,13H,6H2,(H2,10,12)/t8-/m0/s1. The fourth-order valence-electron chi connectivity index (χ4n) is 0.813. The smallest absolute Gasteiger partial charge is 0.236 e. The van der Waals surface area contributed by atoms with E-state index in [0.717, 1.165) is 4.90 Å². The molecule has 1 amide bonds. The maximum Gasteiger partial charge on any atom is 0.236 e. The molecule has 0 spiro atoms. The summed E-state index contributed by atoms with van der Waals surface area (Å²) in [6.07, 6.45) is 0. The molecule has 0 radical (unpaired) electrons. The van der Waals surface area contributed by atoms with Crippen molar-refractivity contribution in [3.63, 3.8) is 0 Å². The molecule has 1 aromatic carbocycles. The minimum Gasteiger partial charge on any atom is -0.368 e. The van der Waals surface area contributed by atoms with Gasteiger partial charge in [0.05, 0.1) is 0 Å². The van der Waals surface area contributed by atoms with Crippen LogP contribution in [0.3, 0.4) is 0 Å². The van der Waals surface area contributed by atoms with E-state index in [1.165, 1.54) is 11.9 Å². The van der Waals surface area contributed by atoms with Crippen molar-refractivity contribution >= 4 is 30.5 Å². The van der Waals surface area contributed by atoms with Gasteiger partial charge in [0.1, 0.15) is 6.04 Å². The zero-order valence-electron chi connectivity index (χ0n) is 7.51. The Kier molecular flexibility index (Phi) is 4.86. The van der Waals surface area contributed by atoms with Crippen LogP contribution in [0.4, 0.5) is 0 Å². The van der Waals surface area contributed by atoms with E-state index in [4.69, 9.17) is 5.73 Å². The quantitative estimate of drug-likeness (QED) is 0.522. The van der Waals surface area contributed by atoms with Crippen LogP contribution in [0.1, 0.15) is 0 Å². The van der Waals surface area contributed by atoms with Gasteiger partial charge in [-0.25, -0.2) is 4.72 Å². The van der Waals surface area contributed by atoms with E-state index in [1.807, 2.05) is 30.3 Å². The first-order chi connectivity index (χ1) is 6.74. The summed E-state index contributed by atoms with van der Waals surface area (Å²) in [7, 11) is 0. The van der Waals surface area contributed by atoms with Gasteiger partial charge in [0.15, 0.2) is 0 Å². The molecule has 0 heterocycles. The summed E-state index contributed by atoms with van der Waals surface area (Å²) >= 11 is 5.41. The lowest BCUT2D eigenvalue weighted by molar-refractivity contribution is -0.119. The first-order valence-corrected chi connectivity index (χ1v) is 5.56. The highest BCUT2D eigenvalue weighted by Crippen LogP contribution is 2.13. The fourth-order valence-corrected chi connectivity index (χ4v) is 1.98. The number of carbonyl (C=O) groups is 1. The molecule has 3 N–H and O–H groups in total. The van der Waals surface area contributed by atoms with Crippen molar-refractivity contribution in [2.75, 3.05) is 5.75 Å². The topological polar surface area (TPSA) is 55.1 Å². The van der Waals surface area contributed by atoms with Crippen molar-refractivity contribution in [2.24, 2.45) is 5.73 Å². The second-order valence-electron chi connectivity index (χ2n) is 2.67. The Balaban J connectivity index is 2.44. The van der Waals surface area contributed by atoms with Gasteiger partial charge in [0.25, 0.3) is 0 Å². The van der Waals surface area contributed by atoms with Crippen LogP contribution >= 0.6 is 24.6 Å². The molecule has 0 unspecified atom stereocenters. The molecular weight excluding hydrogens is 216 g/mol. The second-order valence-corrected chi connectivity index (χ2v) is 3.95. The number of thiol groups is 1. The molecular formula is C9H12N2OS2. The number of amides is 1. The van der Waals surface area contributed by atoms with E-state index < -0.39 is 6.04 Å². The van der Waals surface area contributed by atoms with Crippen LogP contribution < -0.4 is 10.5 Å². The van der Waals surface area contributed by atoms with E-state index in [0.29, 0.717) is 5.75 Å². The summed E-state index contributed by atoms with van der Waals surface area (Å²) in [5.74, 6) is 0.0123. The molecule has 0 saturated heterocycles. The number of benzene rings is 1. The van der Waals surface area contributed by atoms with Crippen molar-refractivity contribution in [1.29, 1.82) is 0 Å². The van der Waals surface area contributed by atoms with E-state index >= 15 is 0 Å². The monoisotopic (exact) mass is 228 g/mol. The van der Waals surface area contributed by atoms with Crippen LogP contribution in [-0.2, 0) is 4.79 Å². The normalized spacial score (nSPS) is 12.4. The predicted octanol–water partition coefficient (Wildman–Crippen LogP) is 1.07. The van der Waals surface area contributed by atoms with Crippen molar-refractivity contribution < 1.29 is 4.79 Å². The lowest BCUT2D eigenvalue weighted by Crippen LogP contribution is -2.39. The number of nitrogens with one attached hydrogen (secondary N) is 1. The molecule has 0 aliphatic heterocycles. The SMILES string of the molecule is NC(=O)[C@H](CS)NSc1ccccc1. The molecule has 1 aromatic rings. The third-order valence-corrected chi connectivity index (χ3v) is 2.86. The van der Waals surface area contributed by atoms with E-state index in [2.05, 4.69) is 17.4 Å². The lowest BCUT2D eigenvalue weighted by Gasteiger charge is -2.11. The highest BCUT2D eigenvalue weighted by molar-refractivity contribution is 7.97. The Morgan fingerprint density at radius 1 is 1.50 bits per heavy atom. The zero-order chi connectivity index (χ0) is 10.4. The van der Waals surface area contributed by atoms with Crippen LogP contribution in [0.15, 0.2) is 35.2 Å². The molecule has 0 aromatic heterocycles. The van der Waals surface area contributed by atoms with Crippen molar-refractivity contribution in [1.82, 2.24) is 4.72 Å². The van der Waals surface area contributed by atoms with Crippen molar-refractivity contribution in [2.45, 2.75) is 10.9 Å². The van der Waals surface area contributed by atoms with Gasteiger partial charge in [0, 0.05) is 10.6 Å². The van der Waals surface area contributed by atoms with E-state index in [9.17, 15) is 4.79 Å². The minimum atomic E-state index is -0.400. The molecule has 1 atom stereocenters. The second kappa shape index (κ2) is 5.95. The largest absolute Gasteiger partial charge is 0.368 e. The molecule has 5 heteroatoms. The Morgan fingerprint density at radius 2 is 2.14 bits per heavy atom. The molecule has 76 valence electrons. The van der Waals surface area contributed by atoms with E-state index in [-0.39, 0.29) is 5.91 Å². The van der Waals surface area contributed by atoms with Crippen molar-refractivity contribution in [3.05, 3.63) is 30.3 Å². The van der Waals surface area contributed by atoms with Gasteiger partial charge in [-0.3, -0.25) is 4.79 Å². The number of hydrogen-bond acceptors (Lipinski definition) is 4. The molecule has 0 saturated carbocycles. The Labute approximate surface area is 93.0 Å². The van der Waals surface area contributed by atoms with Crippen LogP contribution in [0.2, 0.25) is 0 Å². The Morgan fingerprint density at radius 3 is 2.64 bits per heavy atom. The summed E-state index contributed by atoms with van der Waals surface area (Å²) < 4.78 is 2.95. The Bertz CT molecular complexity index is 292. The number of hydrogen-bond donors (Lipinski definition) is 3. The lowest BCUT2D eigenvalue weighted by atomic mass is 10.3. The predicted molar refractivity (Wildman–Crippen MR) is 62.3 cm³/mol. The van der Waals surface area contributed by atoms with Gasteiger partial charge in [-0.05, 0) is 24.1 Å². The third-order valence-electron chi connectivity index (χ3n) is 1.59. The highest BCUT2D eigenvalue weighted by Gasteiger charge is 2.12. The van der Waals surface area contributed by atoms with Crippen molar-refractivity contribution in [3.8, 4) is 0 Å². The number of rotatable bonds is 5. The van der Waals surface area contributed by atoms with Gasteiger partial charge in [-0.2, -0.15) is 12.6 Å². The molecule has 0 aliphatic rings. The van der Waals surface area contributed by atoms with Gasteiger partial charge >= 0.3 is 0 Å². The third kappa shape index (κ3) is 3.61. The van der Waals surface area contributed by atoms with Gasteiger partial charge < -0.3 is 5.73 Å². The maximum atomic E-state index is 10.8. The van der Waals surface area contributed by atoms with E-state index in [1.54, 1.807) is 0 Å². The first kappa shape index (κ1) is 11.4. The van der Waals surface area contributed by atoms with Crippen LogP contribution in [0.25, 0.3) is 0 Å². The molecule has 0 bridgehead atoms. The average Bonchev–Trinajstić information content (AvgIpc) is 2.20. The minimum absolute atomic E-state index is 0.386. The maximum absolute atomic E-state index is 10.8. The van der Waals surface area contributed by atoms with Gasteiger partial charge in [0.2, 0.25) is 5.91 Å². The fraction of sp³-hybridized carbons (Fsp3) is 0.222. The molecule has 0 fully saturated rings. The van der Waals surface area contributed by atoms with Gasteiger partial charge in [-0.1, -0.05) is 18.2 Å². The number of primary amides is 1. The summed E-state index contributed by atoms with van der Waals surface area (Å²) in [5, 5.41) is 0. The average molecular weight is 228 g/mol. The molecule has 1 rings (SSSR count). The highest BCUT2D eigenvalue weighted by atomic mass is 32.2. The van der Waals surface area contributed by atoms with Crippen LogP contribution in [0, 0.1) is 0 Å². The number of carbonyl (C=O) groups excluding carboxylic acids is 1. The summed E-state index contributed by atoms with van der Waals surface area (Å²) in [5.41, 5.74) is 5.15. The summed E-state index contributed by atoms with van der Waals surface area (Å²) in [4.78, 5) is 11.9. The number of nitrogens with two attached hydrogens (primary N) is 1. The van der Waals surface area contributed by atoms with Crippen LogP contribution in [-0.4, -0.2) is 17.7 Å². The zero-order valence-corrected chi connectivity index (χ0v) is 9.22. The molecule has 0 aliphatic carbocycles. The first-order valence-electron chi connectivity index (χ1n) is 4.11. The Hall–Kier alpha value is -0.650. The molecule has 14 heavy (non-hydrogen) atoms. The van der Waals surface area contributed by atoms with Crippen LogP contribution in [0.5, 0.6) is 0 Å². The summed E-state index contributed by atoms with van der Waals surface area (Å²) in [6, 6.07) is 9.31. The summed E-state index contributed by atoms with van der Waals surface area (Å²) in [6.45, 7) is 0.